The minimum absolute atomic E-state index is 0.266. The standard InChI is InChI=1S/C31H30N2O6.C2H6/c1-4-38-28-17-22(10-9-21(28)8-5-20-6-12-24(33-35)13-7-20)26-16-14-25(19-30(26)37-3)39-31(34)27-15-11-23(32)18-29(27)36-2;1-2/h5-19,33,35H,4,32H2,1-3H3;1-2H3/p+1/b8-5+;. The molecule has 0 saturated heterocycles. The minimum atomic E-state index is -0.569. The molecule has 0 unspecified atom stereocenters. The van der Waals surface area contributed by atoms with Crippen LogP contribution in [0, 0.1) is 0 Å². The summed E-state index contributed by atoms with van der Waals surface area (Å²) in [6.45, 7) is 6.44. The van der Waals surface area contributed by atoms with Gasteiger partial charge in [-0.15, -0.1) is 0 Å². The van der Waals surface area contributed by atoms with Crippen molar-refractivity contribution in [3.63, 3.8) is 0 Å². The Morgan fingerprint density at radius 3 is 2.24 bits per heavy atom. The Kier molecular flexibility index (Phi) is 11.3. The van der Waals surface area contributed by atoms with Gasteiger partial charge in [-0.2, -0.15) is 5.48 Å². The van der Waals surface area contributed by atoms with E-state index in [4.69, 9.17) is 29.9 Å². The Morgan fingerprint density at radius 2 is 1.59 bits per heavy atom. The molecule has 0 aliphatic heterocycles. The molecule has 0 aliphatic carbocycles. The van der Waals surface area contributed by atoms with E-state index in [0.717, 1.165) is 39.2 Å². The van der Waals surface area contributed by atoms with E-state index >= 15 is 0 Å². The van der Waals surface area contributed by atoms with Gasteiger partial charge >= 0.3 is 5.97 Å². The van der Waals surface area contributed by atoms with Crippen LogP contribution in [0.3, 0.4) is 0 Å². The summed E-state index contributed by atoms with van der Waals surface area (Å²) in [6.07, 6.45) is 3.97. The molecule has 4 aromatic rings. The molecule has 0 fully saturated rings. The van der Waals surface area contributed by atoms with Gasteiger partial charge in [0.05, 0.1) is 20.8 Å². The summed E-state index contributed by atoms with van der Waals surface area (Å²) in [5.41, 5.74) is 12.0. The van der Waals surface area contributed by atoms with Gasteiger partial charge in [0.1, 0.15) is 28.6 Å². The van der Waals surface area contributed by atoms with Crippen molar-refractivity contribution in [1.29, 1.82) is 0 Å². The molecule has 214 valence electrons. The highest BCUT2D eigenvalue weighted by molar-refractivity contribution is 5.94. The Balaban J connectivity index is 0.00000226. The maximum atomic E-state index is 12.8. The Bertz CT molecular complexity index is 1480. The van der Waals surface area contributed by atoms with Crippen LogP contribution >= 0.6 is 0 Å². The Labute approximate surface area is 240 Å². The number of benzene rings is 4. The van der Waals surface area contributed by atoms with Crippen LogP contribution in [0.4, 0.5) is 11.4 Å². The summed E-state index contributed by atoms with van der Waals surface area (Å²) in [5, 5.41) is 9.12. The highest BCUT2D eigenvalue weighted by atomic mass is 16.5. The highest BCUT2D eigenvalue weighted by Crippen LogP contribution is 2.37. The van der Waals surface area contributed by atoms with Gasteiger partial charge in [0, 0.05) is 41.1 Å². The van der Waals surface area contributed by atoms with Gasteiger partial charge in [0.25, 0.3) is 0 Å². The van der Waals surface area contributed by atoms with E-state index in [-0.39, 0.29) is 5.56 Å². The molecular weight excluding hydrogens is 520 g/mol. The topological polar surface area (TPSA) is 117 Å². The molecule has 0 aromatic heterocycles. The molecule has 0 amide bonds. The molecule has 8 nitrogen and oxygen atoms in total. The first-order valence-electron chi connectivity index (χ1n) is 13.3. The van der Waals surface area contributed by atoms with E-state index in [1.807, 2.05) is 81.5 Å². The van der Waals surface area contributed by atoms with Crippen LogP contribution in [0.25, 0.3) is 23.3 Å². The van der Waals surface area contributed by atoms with Crippen LogP contribution in [-0.2, 0) is 0 Å². The number of rotatable bonds is 10. The summed E-state index contributed by atoms with van der Waals surface area (Å²) in [4.78, 5) is 12.8. The molecule has 0 atom stereocenters. The molecule has 4 rings (SSSR count). The number of carbonyl (C=O) groups is 1. The number of hydrogen-bond acceptors (Lipinski definition) is 7. The number of quaternary nitrogens is 1. The number of nitrogens with two attached hydrogens (primary N) is 2. The van der Waals surface area contributed by atoms with Crippen LogP contribution in [0.15, 0.2) is 78.9 Å². The van der Waals surface area contributed by atoms with Crippen molar-refractivity contribution in [3.05, 3.63) is 95.6 Å². The molecule has 0 radical (unpaired) electrons. The van der Waals surface area contributed by atoms with Gasteiger partial charge in [-0.3, -0.25) is 0 Å². The second kappa shape index (κ2) is 15.1. The predicted molar refractivity (Wildman–Crippen MR) is 162 cm³/mol. The van der Waals surface area contributed by atoms with Crippen molar-refractivity contribution >= 4 is 29.5 Å². The second-order valence-electron chi connectivity index (χ2n) is 8.53. The fourth-order valence-corrected chi connectivity index (χ4v) is 4.01. The summed E-state index contributed by atoms with van der Waals surface area (Å²) in [7, 11) is 3.03. The third-order valence-corrected chi connectivity index (χ3v) is 5.99. The quantitative estimate of drug-likeness (QED) is 0.0684. The average Bonchev–Trinajstić information content (AvgIpc) is 3.01. The van der Waals surface area contributed by atoms with Crippen molar-refractivity contribution in [3.8, 4) is 34.1 Å². The van der Waals surface area contributed by atoms with Crippen LogP contribution in [0.2, 0.25) is 0 Å². The van der Waals surface area contributed by atoms with Crippen LogP contribution in [0.1, 0.15) is 42.3 Å². The molecule has 0 heterocycles. The first kappa shape index (κ1) is 30.7. The summed E-state index contributed by atoms with van der Waals surface area (Å²) >= 11 is 0. The van der Waals surface area contributed by atoms with E-state index in [1.165, 1.54) is 7.11 Å². The van der Waals surface area contributed by atoms with E-state index in [9.17, 15) is 4.79 Å². The maximum absolute atomic E-state index is 12.8. The number of carbonyl (C=O) groups excluding carboxylic acids is 1. The number of nitrogen functional groups attached to an aromatic ring is 1. The zero-order valence-electron chi connectivity index (χ0n) is 24.0. The zero-order chi connectivity index (χ0) is 29.8. The van der Waals surface area contributed by atoms with Gasteiger partial charge < -0.3 is 24.7 Å². The predicted octanol–water partition coefficient (Wildman–Crippen LogP) is 6.35. The lowest BCUT2D eigenvalue weighted by Gasteiger charge is -2.14. The lowest BCUT2D eigenvalue weighted by Crippen LogP contribution is -2.73. The molecular formula is C33H37N2O6+. The van der Waals surface area contributed by atoms with Crippen LogP contribution < -0.4 is 30.2 Å². The average molecular weight is 558 g/mol. The first-order chi connectivity index (χ1) is 19.9. The van der Waals surface area contributed by atoms with Crippen molar-refractivity contribution in [2.24, 2.45) is 0 Å². The van der Waals surface area contributed by atoms with E-state index in [1.54, 1.807) is 37.4 Å². The molecule has 4 aromatic carbocycles. The molecule has 8 heteroatoms. The number of methoxy groups -OCH3 is 2. The minimum Gasteiger partial charge on any atom is -0.496 e. The Hall–Kier alpha value is -4.79. The lowest BCUT2D eigenvalue weighted by atomic mass is 10.0. The monoisotopic (exact) mass is 557 g/mol. The summed E-state index contributed by atoms with van der Waals surface area (Å²) in [5.74, 6) is 1.35. The van der Waals surface area contributed by atoms with E-state index < -0.39 is 5.97 Å². The SMILES string of the molecule is CC.CCOc1cc(-c2ccc(OC(=O)c3ccc(N)cc3OC)cc2OC)ccc1/C=C/c1ccc([NH2+]O)cc1. The van der Waals surface area contributed by atoms with Crippen molar-refractivity contribution < 1.29 is 34.4 Å². The lowest BCUT2D eigenvalue weighted by molar-refractivity contribution is -0.825. The van der Waals surface area contributed by atoms with Gasteiger partial charge in [-0.1, -0.05) is 38.1 Å². The highest BCUT2D eigenvalue weighted by Gasteiger charge is 2.17. The van der Waals surface area contributed by atoms with Gasteiger partial charge in [0.2, 0.25) is 0 Å². The molecule has 0 bridgehead atoms. The van der Waals surface area contributed by atoms with Gasteiger partial charge in [0.15, 0.2) is 5.69 Å². The van der Waals surface area contributed by atoms with E-state index in [2.05, 4.69) is 0 Å². The van der Waals surface area contributed by atoms with E-state index in [0.29, 0.717) is 29.5 Å². The van der Waals surface area contributed by atoms with Crippen molar-refractivity contribution in [2.45, 2.75) is 20.8 Å². The molecule has 41 heavy (non-hydrogen) atoms. The maximum Gasteiger partial charge on any atom is 0.347 e. The largest absolute Gasteiger partial charge is 0.496 e. The summed E-state index contributed by atoms with van der Waals surface area (Å²) < 4.78 is 22.4. The molecule has 0 spiro atoms. The third kappa shape index (κ3) is 7.88. The van der Waals surface area contributed by atoms with Crippen molar-refractivity contribution in [2.75, 3.05) is 26.6 Å². The smallest absolute Gasteiger partial charge is 0.347 e. The normalized spacial score (nSPS) is 10.5. The fourth-order valence-electron chi connectivity index (χ4n) is 4.01. The zero-order valence-corrected chi connectivity index (χ0v) is 24.0. The molecule has 5 N–H and O–H groups in total. The number of anilines is 1. The third-order valence-electron chi connectivity index (χ3n) is 5.99. The summed E-state index contributed by atoms with van der Waals surface area (Å²) in [6, 6.07) is 23.4. The van der Waals surface area contributed by atoms with Gasteiger partial charge in [-0.25, -0.2) is 10.0 Å². The first-order valence-corrected chi connectivity index (χ1v) is 13.3. The fraction of sp³-hybridized carbons (Fsp3) is 0.182. The molecule has 0 saturated carbocycles. The number of hydrogen-bond donors (Lipinski definition) is 3. The van der Waals surface area contributed by atoms with Crippen molar-refractivity contribution in [1.82, 2.24) is 0 Å². The molecule has 0 aliphatic rings. The van der Waals surface area contributed by atoms with Gasteiger partial charge in [-0.05, 0) is 60.5 Å². The number of esters is 1. The van der Waals surface area contributed by atoms with Crippen LogP contribution in [0.5, 0.6) is 23.0 Å². The Morgan fingerprint density at radius 1 is 0.854 bits per heavy atom. The number of ether oxygens (including phenoxy) is 4. The van der Waals surface area contributed by atoms with Crippen LogP contribution in [-0.4, -0.2) is 32.0 Å². The second-order valence-corrected chi connectivity index (χ2v) is 8.53.